The monoisotopic (exact) mass is 313 g/mol. The van der Waals surface area contributed by atoms with Crippen LogP contribution in [-0.2, 0) is 9.47 Å². The number of ether oxygens (including phenoxy) is 2. The zero-order valence-corrected chi connectivity index (χ0v) is 12.6. The Kier molecular flexibility index (Phi) is 5.90. The Bertz CT molecular complexity index is 535. The van der Waals surface area contributed by atoms with Crippen LogP contribution in [0.25, 0.3) is 0 Å². The molecule has 0 bridgehead atoms. The van der Waals surface area contributed by atoms with Crippen molar-refractivity contribution in [3.8, 4) is 0 Å². The van der Waals surface area contributed by atoms with Crippen LogP contribution in [0.15, 0.2) is 17.1 Å². The molecule has 0 unspecified atom stereocenters. The van der Waals surface area contributed by atoms with Crippen LogP contribution in [0, 0.1) is 0 Å². The maximum atomic E-state index is 11.8. The number of hydrogen-bond donors (Lipinski definition) is 3. The summed E-state index contributed by atoms with van der Waals surface area (Å²) in [4.78, 5) is 15.4. The van der Waals surface area contributed by atoms with E-state index in [1.54, 1.807) is 0 Å². The normalized spacial score (nSPS) is 28.1. The molecular formula is C14H23N3O5. The molecule has 1 fully saturated rings. The number of anilines is 1. The highest BCUT2D eigenvalue weighted by molar-refractivity contribution is 5.23. The minimum Gasteiger partial charge on any atom is -0.387 e. The first-order valence-corrected chi connectivity index (χ1v) is 7.48. The third-order valence-corrected chi connectivity index (χ3v) is 3.64. The number of hydrogen-bond acceptors (Lipinski definition) is 7. The Morgan fingerprint density at radius 3 is 2.86 bits per heavy atom. The van der Waals surface area contributed by atoms with Crippen LogP contribution in [0.4, 0.5) is 5.82 Å². The first kappa shape index (κ1) is 16.9. The van der Waals surface area contributed by atoms with E-state index in [0.717, 1.165) is 23.8 Å². The molecule has 8 nitrogen and oxygen atoms in total. The van der Waals surface area contributed by atoms with E-state index in [9.17, 15) is 15.0 Å². The van der Waals surface area contributed by atoms with Crippen LogP contribution in [0.5, 0.6) is 0 Å². The third-order valence-electron chi connectivity index (χ3n) is 3.64. The van der Waals surface area contributed by atoms with Crippen LogP contribution in [0.1, 0.15) is 32.4 Å². The second-order valence-corrected chi connectivity index (χ2v) is 5.37. The van der Waals surface area contributed by atoms with E-state index in [0.29, 0.717) is 6.61 Å². The number of nitrogen functional groups attached to an aromatic ring is 1. The molecule has 0 aliphatic carbocycles. The van der Waals surface area contributed by atoms with Crippen LogP contribution in [-0.4, -0.2) is 51.3 Å². The SMILES string of the molecule is CCCCCOC[C@H]1O[C@@H](n2ccc(N)nc2=O)[C@H](O)[C@@H]1O. The summed E-state index contributed by atoms with van der Waals surface area (Å²) in [5, 5.41) is 20.1. The molecule has 124 valence electrons. The fourth-order valence-electron chi connectivity index (χ4n) is 2.37. The number of unbranched alkanes of at least 4 members (excludes halogenated alkanes) is 2. The maximum absolute atomic E-state index is 11.8. The van der Waals surface area contributed by atoms with Gasteiger partial charge in [0.25, 0.3) is 0 Å². The second-order valence-electron chi connectivity index (χ2n) is 5.37. The van der Waals surface area contributed by atoms with Crippen molar-refractivity contribution in [1.82, 2.24) is 9.55 Å². The average molecular weight is 313 g/mol. The summed E-state index contributed by atoms with van der Waals surface area (Å²) >= 11 is 0. The maximum Gasteiger partial charge on any atom is 0.351 e. The molecule has 0 radical (unpaired) electrons. The fourth-order valence-corrected chi connectivity index (χ4v) is 2.37. The average Bonchev–Trinajstić information content (AvgIpc) is 2.75. The molecule has 1 aromatic rings. The van der Waals surface area contributed by atoms with Crippen molar-refractivity contribution in [2.75, 3.05) is 18.9 Å². The van der Waals surface area contributed by atoms with E-state index in [1.165, 1.54) is 12.3 Å². The van der Waals surface area contributed by atoms with Crippen molar-refractivity contribution < 1.29 is 19.7 Å². The largest absolute Gasteiger partial charge is 0.387 e. The quantitative estimate of drug-likeness (QED) is 0.589. The summed E-state index contributed by atoms with van der Waals surface area (Å²) in [6, 6.07) is 1.43. The number of nitrogens with two attached hydrogens (primary N) is 1. The Balaban J connectivity index is 1.96. The van der Waals surface area contributed by atoms with E-state index in [4.69, 9.17) is 15.2 Å². The van der Waals surface area contributed by atoms with Gasteiger partial charge in [0, 0.05) is 12.8 Å². The summed E-state index contributed by atoms with van der Waals surface area (Å²) in [6.07, 6.45) is 0.451. The van der Waals surface area contributed by atoms with Gasteiger partial charge in [0.1, 0.15) is 24.1 Å². The van der Waals surface area contributed by atoms with E-state index in [-0.39, 0.29) is 12.4 Å². The molecule has 0 spiro atoms. The highest BCUT2D eigenvalue weighted by Gasteiger charge is 2.44. The summed E-state index contributed by atoms with van der Waals surface area (Å²) in [7, 11) is 0. The molecule has 1 aromatic heterocycles. The lowest BCUT2D eigenvalue weighted by molar-refractivity contribution is -0.0685. The van der Waals surface area contributed by atoms with E-state index < -0.39 is 30.2 Å². The van der Waals surface area contributed by atoms with Crippen molar-refractivity contribution in [3.05, 3.63) is 22.7 Å². The predicted octanol–water partition coefficient (Wildman–Crippen LogP) is -0.348. The van der Waals surface area contributed by atoms with Gasteiger partial charge in [-0.15, -0.1) is 0 Å². The minimum atomic E-state index is -1.23. The van der Waals surface area contributed by atoms with E-state index in [2.05, 4.69) is 11.9 Å². The number of aromatic nitrogens is 2. The lowest BCUT2D eigenvalue weighted by atomic mass is 10.1. The number of aliphatic hydroxyl groups is 2. The van der Waals surface area contributed by atoms with Gasteiger partial charge >= 0.3 is 5.69 Å². The van der Waals surface area contributed by atoms with Crippen molar-refractivity contribution in [2.24, 2.45) is 0 Å². The molecule has 2 heterocycles. The van der Waals surface area contributed by atoms with Crippen molar-refractivity contribution in [1.29, 1.82) is 0 Å². The predicted molar refractivity (Wildman–Crippen MR) is 79.2 cm³/mol. The standard InChI is InChI=1S/C14H23N3O5/c1-2-3-4-7-21-8-9-11(18)12(19)13(22-9)17-6-5-10(15)16-14(17)20/h5-6,9,11-13,18-19H,2-4,7-8H2,1H3,(H2,15,16,20)/t9-,11-,12-,13-/m1/s1. The van der Waals surface area contributed by atoms with Crippen LogP contribution in [0.3, 0.4) is 0 Å². The minimum absolute atomic E-state index is 0.0880. The van der Waals surface area contributed by atoms with Gasteiger partial charge in [0.05, 0.1) is 6.61 Å². The molecule has 8 heteroatoms. The van der Waals surface area contributed by atoms with Gasteiger partial charge in [0.2, 0.25) is 0 Å². The van der Waals surface area contributed by atoms with Gasteiger partial charge in [-0.3, -0.25) is 4.57 Å². The molecule has 4 atom stereocenters. The van der Waals surface area contributed by atoms with Crippen molar-refractivity contribution in [3.63, 3.8) is 0 Å². The van der Waals surface area contributed by atoms with Crippen molar-refractivity contribution >= 4 is 5.82 Å². The van der Waals surface area contributed by atoms with Gasteiger partial charge in [-0.2, -0.15) is 4.98 Å². The third kappa shape index (κ3) is 3.83. The first-order valence-electron chi connectivity index (χ1n) is 7.48. The zero-order chi connectivity index (χ0) is 16.1. The van der Waals surface area contributed by atoms with Crippen LogP contribution < -0.4 is 11.4 Å². The Morgan fingerprint density at radius 1 is 1.41 bits per heavy atom. The lowest BCUT2D eigenvalue weighted by Crippen LogP contribution is -2.36. The van der Waals surface area contributed by atoms with Crippen LogP contribution in [0.2, 0.25) is 0 Å². The molecule has 4 N–H and O–H groups in total. The molecule has 1 aliphatic rings. The smallest absolute Gasteiger partial charge is 0.351 e. The number of nitrogens with zero attached hydrogens (tertiary/aromatic N) is 2. The van der Waals surface area contributed by atoms with Gasteiger partial charge in [-0.25, -0.2) is 4.79 Å². The highest BCUT2D eigenvalue weighted by atomic mass is 16.6. The Morgan fingerprint density at radius 2 is 2.18 bits per heavy atom. The van der Waals surface area contributed by atoms with Crippen LogP contribution >= 0.6 is 0 Å². The molecule has 2 rings (SSSR count). The lowest BCUT2D eigenvalue weighted by Gasteiger charge is -2.16. The topological polar surface area (TPSA) is 120 Å². The van der Waals surface area contributed by atoms with Crippen molar-refractivity contribution in [2.45, 2.75) is 50.7 Å². The number of rotatable bonds is 7. The summed E-state index contributed by atoms with van der Waals surface area (Å²) in [5.41, 5.74) is 4.79. The summed E-state index contributed by atoms with van der Waals surface area (Å²) < 4.78 is 12.1. The molecule has 0 saturated carbocycles. The Hall–Kier alpha value is -1.48. The summed E-state index contributed by atoms with van der Waals surface area (Å²) in [6.45, 7) is 2.84. The molecule has 0 amide bonds. The molecular weight excluding hydrogens is 290 g/mol. The molecule has 1 aliphatic heterocycles. The fraction of sp³-hybridized carbons (Fsp3) is 0.714. The summed E-state index contributed by atoms with van der Waals surface area (Å²) in [5.74, 6) is 0.0880. The van der Waals surface area contributed by atoms with Gasteiger partial charge in [0.15, 0.2) is 6.23 Å². The van der Waals surface area contributed by atoms with Gasteiger partial charge in [-0.05, 0) is 12.5 Å². The highest BCUT2D eigenvalue weighted by Crippen LogP contribution is 2.28. The molecule has 1 saturated heterocycles. The van der Waals surface area contributed by atoms with Gasteiger partial charge in [-0.1, -0.05) is 19.8 Å². The Labute approximate surface area is 128 Å². The molecule has 0 aromatic carbocycles. The van der Waals surface area contributed by atoms with E-state index >= 15 is 0 Å². The second kappa shape index (κ2) is 7.68. The zero-order valence-electron chi connectivity index (χ0n) is 12.6. The van der Waals surface area contributed by atoms with E-state index in [1.807, 2.05) is 0 Å². The van der Waals surface area contributed by atoms with Gasteiger partial charge < -0.3 is 25.4 Å². The number of aliphatic hydroxyl groups excluding tert-OH is 2. The molecule has 22 heavy (non-hydrogen) atoms. The first-order chi connectivity index (χ1) is 10.5.